The van der Waals surface area contributed by atoms with Gasteiger partial charge in [-0.25, -0.2) is 0 Å². The molecule has 2 heteroatoms. The highest BCUT2D eigenvalue weighted by Crippen LogP contribution is 2.34. The van der Waals surface area contributed by atoms with Crippen LogP contribution in [0.3, 0.4) is 0 Å². The lowest BCUT2D eigenvalue weighted by Crippen LogP contribution is -2.25. The van der Waals surface area contributed by atoms with E-state index in [9.17, 15) is 0 Å². The Kier molecular flexibility index (Phi) is 4.87. The maximum absolute atomic E-state index is 3.69. The molecule has 0 atom stereocenters. The molecular weight excluding hydrogens is 274 g/mol. The molecule has 1 aliphatic rings. The van der Waals surface area contributed by atoms with E-state index in [4.69, 9.17) is 0 Å². The summed E-state index contributed by atoms with van der Waals surface area (Å²) in [6.07, 6.45) is 7.25. The molecule has 0 unspecified atom stereocenters. The van der Waals surface area contributed by atoms with E-state index in [2.05, 4.69) is 66.2 Å². The van der Waals surface area contributed by atoms with Crippen molar-refractivity contribution in [3.05, 3.63) is 60.2 Å². The van der Waals surface area contributed by atoms with Crippen LogP contribution in [0.4, 0.5) is 5.69 Å². The summed E-state index contributed by atoms with van der Waals surface area (Å²) < 4.78 is 0. The number of nitrogens with one attached hydrogen (secondary N) is 1. The van der Waals surface area contributed by atoms with E-state index in [1.54, 1.807) is 11.8 Å². The topological polar surface area (TPSA) is 12.0 Å². The molecule has 21 heavy (non-hydrogen) atoms. The second kappa shape index (κ2) is 7.04. The summed E-state index contributed by atoms with van der Waals surface area (Å²) in [5.41, 5.74) is 2.77. The van der Waals surface area contributed by atoms with Gasteiger partial charge in [0.05, 0.1) is 0 Å². The van der Waals surface area contributed by atoms with Gasteiger partial charge in [-0.15, -0.1) is 11.8 Å². The third-order valence-corrected chi connectivity index (χ3v) is 5.20. The van der Waals surface area contributed by atoms with Gasteiger partial charge in [-0.2, -0.15) is 0 Å². The van der Waals surface area contributed by atoms with Crippen LogP contribution >= 0.6 is 11.8 Å². The molecule has 0 aromatic heterocycles. The van der Waals surface area contributed by atoms with Crippen LogP contribution in [0.15, 0.2) is 59.5 Å². The van der Waals surface area contributed by atoms with Gasteiger partial charge in [-0.05, 0) is 67.7 Å². The molecule has 110 valence electrons. The van der Waals surface area contributed by atoms with Gasteiger partial charge in [-0.1, -0.05) is 30.3 Å². The Labute approximate surface area is 132 Å². The molecule has 1 fully saturated rings. The zero-order valence-electron chi connectivity index (χ0n) is 12.6. The van der Waals surface area contributed by atoms with Crippen molar-refractivity contribution in [1.82, 2.24) is 0 Å². The summed E-state index contributed by atoms with van der Waals surface area (Å²) in [6, 6.07) is 20.4. The monoisotopic (exact) mass is 297 g/mol. The van der Waals surface area contributed by atoms with E-state index in [0.29, 0.717) is 6.04 Å². The quantitative estimate of drug-likeness (QED) is 0.743. The molecule has 2 aromatic rings. The molecule has 1 nitrogen and oxygen atoms in total. The first-order chi connectivity index (χ1) is 10.3. The van der Waals surface area contributed by atoms with Crippen LogP contribution in [0.5, 0.6) is 0 Å². The van der Waals surface area contributed by atoms with Gasteiger partial charge in [0.2, 0.25) is 0 Å². The summed E-state index contributed by atoms with van der Waals surface area (Å²) in [6.45, 7) is 0. The Bertz CT molecular complexity index is 542. The summed E-state index contributed by atoms with van der Waals surface area (Å²) >= 11 is 1.79. The minimum Gasteiger partial charge on any atom is -0.382 e. The van der Waals surface area contributed by atoms with E-state index >= 15 is 0 Å². The number of rotatable bonds is 4. The van der Waals surface area contributed by atoms with E-state index in [1.807, 2.05) is 0 Å². The number of hydrogen-bond acceptors (Lipinski definition) is 2. The van der Waals surface area contributed by atoms with Gasteiger partial charge in [0.1, 0.15) is 0 Å². The first kappa shape index (κ1) is 14.5. The number of hydrogen-bond donors (Lipinski definition) is 1. The van der Waals surface area contributed by atoms with Gasteiger partial charge in [0, 0.05) is 16.6 Å². The Morgan fingerprint density at radius 3 is 2.14 bits per heavy atom. The standard InChI is InChI=1S/C19H23NS/c1-21-19-13-11-18(12-14-19)20-17-9-7-16(8-10-17)15-5-3-2-4-6-15/h2-6,11-14,16-17,20H,7-10H2,1H3. The Hall–Kier alpha value is -1.41. The maximum atomic E-state index is 3.69. The smallest absolute Gasteiger partial charge is 0.0343 e. The highest BCUT2D eigenvalue weighted by atomic mass is 32.2. The highest BCUT2D eigenvalue weighted by molar-refractivity contribution is 7.98. The molecule has 1 saturated carbocycles. The molecule has 0 aliphatic heterocycles. The molecule has 2 aromatic carbocycles. The molecule has 0 amide bonds. The molecule has 0 bridgehead atoms. The van der Waals surface area contributed by atoms with Crippen LogP contribution in [0.2, 0.25) is 0 Å². The lowest BCUT2D eigenvalue weighted by molar-refractivity contribution is 0.412. The predicted molar refractivity (Wildman–Crippen MR) is 93.3 cm³/mol. The van der Waals surface area contributed by atoms with Gasteiger partial charge in [0.25, 0.3) is 0 Å². The molecular formula is C19H23NS. The second-order valence-electron chi connectivity index (χ2n) is 5.83. The summed E-state index contributed by atoms with van der Waals surface area (Å²) in [7, 11) is 0. The van der Waals surface area contributed by atoms with Crippen molar-refractivity contribution in [2.24, 2.45) is 0 Å². The Balaban J connectivity index is 1.53. The molecule has 0 radical (unpaired) electrons. The lowest BCUT2D eigenvalue weighted by Gasteiger charge is -2.30. The van der Waals surface area contributed by atoms with Crippen molar-refractivity contribution >= 4 is 17.4 Å². The highest BCUT2D eigenvalue weighted by Gasteiger charge is 2.21. The Morgan fingerprint density at radius 2 is 1.52 bits per heavy atom. The predicted octanol–water partition coefficient (Wildman–Crippen LogP) is 5.55. The minimum atomic E-state index is 0.630. The molecule has 1 aliphatic carbocycles. The third-order valence-electron chi connectivity index (χ3n) is 4.46. The molecule has 1 N–H and O–H groups in total. The minimum absolute atomic E-state index is 0.630. The van der Waals surface area contributed by atoms with E-state index in [-0.39, 0.29) is 0 Å². The largest absolute Gasteiger partial charge is 0.382 e. The van der Waals surface area contributed by atoms with Crippen molar-refractivity contribution in [2.75, 3.05) is 11.6 Å². The average molecular weight is 297 g/mol. The van der Waals surface area contributed by atoms with E-state index in [1.165, 1.54) is 41.8 Å². The van der Waals surface area contributed by atoms with Crippen LogP contribution in [0.1, 0.15) is 37.2 Å². The van der Waals surface area contributed by atoms with E-state index < -0.39 is 0 Å². The van der Waals surface area contributed by atoms with Gasteiger partial charge in [0.15, 0.2) is 0 Å². The van der Waals surface area contributed by atoms with Crippen molar-refractivity contribution in [3.8, 4) is 0 Å². The molecule has 0 saturated heterocycles. The van der Waals surface area contributed by atoms with Crippen molar-refractivity contribution in [2.45, 2.75) is 42.5 Å². The normalized spacial score (nSPS) is 22.0. The van der Waals surface area contributed by atoms with Crippen LogP contribution < -0.4 is 5.32 Å². The van der Waals surface area contributed by atoms with Crippen molar-refractivity contribution in [3.63, 3.8) is 0 Å². The Morgan fingerprint density at radius 1 is 0.857 bits per heavy atom. The zero-order chi connectivity index (χ0) is 14.5. The molecule has 0 spiro atoms. The maximum Gasteiger partial charge on any atom is 0.0343 e. The first-order valence-electron chi connectivity index (χ1n) is 7.80. The summed E-state index contributed by atoms with van der Waals surface area (Å²) in [5.74, 6) is 0.753. The first-order valence-corrected chi connectivity index (χ1v) is 9.03. The SMILES string of the molecule is CSc1ccc(NC2CCC(c3ccccc3)CC2)cc1. The van der Waals surface area contributed by atoms with Gasteiger partial charge < -0.3 is 5.32 Å². The van der Waals surface area contributed by atoms with E-state index in [0.717, 1.165) is 5.92 Å². The number of anilines is 1. The second-order valence-corrected chi connectivity index (χ2v) is 6.71. The van der Waals surface area contributed by atoms with Gasteiger partial charge in [-0.3, -0.25) is 0 Å². The fraction of sp³-hybridized carbons (Fsp3) is 0.368. The van der Waals surface area contributed by atoms with Crippen molar-refractivity contribution < 1.29 is 0 Å². The van der Waals surface area contributed by atoms with Gasteiger partial charge >= 0.3 is 0 Å². The zero-order valence-corrected chi connectivity index (χ0v) is 13.4. The van der Waals surface area contributed by atoms with Crippen molar-refractivity contribution in [1.29, 1.82) is 0 Å². The third kappa shape index (κ3) is 3.82. The lowest BCUT2D eigenvalue weighted by atomic mass is 9.82. The number of thioether (sulfide) groups is 1. The average Bonchev–Trinajstić information content (AvgIpc) is 2.57. The van der Waals surface area contributed by atoms with Crippen LogP contribution in [0, 0.1) is 0 Å². The molecule has 3 rings (SSSR count). The fourth-order valence-corrected chi connectivity index (χ4v) is 3.63. The fourth-order valence-electron chi connectivity index (χ4n) is 3.22. The van der Waals surface area contributed by atoms with Crippen LogP contribution in [-0.4, -0.2) is 12.3 Å². The summed E-state index contributed by atoms with van der Waals surface area (Å²) in [4.78, 5) is 1.33. The van der Waals surface area contributed by atoms with Crippen LogP contribution in [-0.2, 0) is 0 Å². The number of benzene rings is 2. The van der Waals surface area contributed by atoms with Crippen LogP contribution in [0.25, 0.3) is 0 Å². The molecule has 0 heterocycles. The summed E-state index contributed by atoms with van der Waals surface area (Å²) in [5, 5.41) is 3.69.